The molecule has 0 saturated carbocycles. The van der Waals surface area contributed by atoms with Crippen LogP contribution in [-0.2, 0) is 4.79 Å². The highest BCUT2D eigenvalue weighted by atomic mass is 16.2. The van der Waals surface area contributed by atoms with Crippen LogP contribution in [0.3, 0.4) is 0 Å². The quantitative estimate of drug-likeness (QED) is 0.451. The van der Waals surface area contributed by atoms with Gasteiger partial charge in [-0.1, -0.05) is 6.08 Å². The summed E-state index contributed by atoms with van der Waals surface area (Å²) < 4.78 is 0. The summed E-state index contributed by atoms with van der Waals surface area (Å²) in [6.07, 6.45) is 4.90. The Morgan fingerprint density at radius 1 is 1.38 bits per heavy atom. The zero-order chi connectivity index (χ0) is 9.68. The number of nitriles is 1. The molecule has 0 unspecified atom stereocenters. The van der Waals surface area contributed by atoms with Crippen molar-refractivity contribution < 1.29 is 4.79 Å². The molecule has 0 aliphatic carbocycles. The molecule has 0 radical (unpaired) electrons. The molecular formula is C10H14N2O. The maximum absolute atomic E-state index is 11.6. The van der Waals surface area contributed by atoms with E-state index in [1.54, 1.807) is 17.9 Å². The molecule has 0 aromatic heterocycles. The number of hydrogen-bond acceptors (Lipinski definition) is 2. The summed E-state index contributed by atoms with van der Waals surface area (Å²) in [5.41, 5.74) is 0.266. The van der Waals surface area contributed by atoms with Crippen LogP contribution in [0.2, 0.25) is 0 Å². The van der Waals surface area contributed by atoms with Crippen molar-refractivity contribution in [1.29, 1.82) is 5.26 Å². The minimum absolute atomic E-state index is 0.107. The molecule has 3 nitrogen and oxygen atoms in total. The fourth-order valence-corrected chi connectivity index (χ4v) is 1.50. The zero-order valence-electron chi connectivity index (χ0n) is 7.92. The van der Waals surface area contributed by atoms with Gasteiger partial charge in [0.1, 0.15) is 11.6 Å². The van der Waals surface area contributed by atoms with Crippen LogP contribution in [0, 0.1) is 11.3 Å². The number of amides is 1. The summed E-state index contributed by atoms with van der Waals surface area (Å²) in [4.78, 5) is 13.4. The number of hydrogen-bond donors (Lipinski definition) is 0. The Morgan fingerprint density at radius 2 is 2.00 bits per heavy atom. The van der Waals surface area contributed by atoms with E-state index in [-0.39, 0.29) is 11.5 Å². The van der Waals surface area contributed by atoms with Crippen molar-refractivity contribution in [1.82, 2.24) is 4.90 Å². The molecule has 3 heteroatoms. The normalized spacial score (nSPS) is 18.2. The van der Waals surface area contributed by atoms with Gasteiger partial charge in [-0.15, -0.1) is 0 Å². The number of carbonyl (C=O) groups is 1. The molecule has 1 rings (SSSR count). The SMILES string of the molecule is CC=C(C#N)C(=O)N1CCCCC1. The van der Waals surface area contributed by atoms with Gasteiger partial charge in [-0.05, 0) is 26.2 Å². The molecule has 1 aliphatic heterocycles. The summed E-state index contributed by atoms with van der Waals surface area (Å²) >= 11 is 0. The molecule has 13 heavy (non-hydrogen) atoms. The number of nitrogens with zero attached hydrogens (tertiary/aromatic N) is 2. The summed E-state index contributed by atoms with van der Waals surface area (Å²) in [5, 5.41) is 8.66. The smallest absolute Gasteiger partial charge is 0.264 e. The highest BCUT2D eigenvalue weighted by molar-refractivity contribution is 5.97. The van der Waals surface area contributed by atoms with Gasteiger partial charge in [0.25, 0.3) is 5.91 Å². The Hall–Kier alpha value is -1.30. The van der Waals surface area contributed by atoms with E-state index in [9.17, 15) is 4.79 Å². The Kier molecular flexibility index (Phi) is 3.51. The van der Waals surface area contributed by atoms with Gasteiger partial charge in [0, 0.05) is 13.1 Å². The first-order valence-electron chi connectivity index (χ1n) is 4.65. The molecule has 1 saturated heterocycles. The molecule has 1 aliphatic rings. The van der Waals surface area contributed by atoms with E-state index in [4.69, 9.17) is 5.26 Å². The average molecular weight is 178 g/mol. The van der Waals surface area contributed by atoms with Crippen LogP contribution in [0.5, 0.6) is 0 Å². The molecule has 0 bridgehead atoms. The Bertz CT molecular complexity index is 257. The van der Waals surface area contributed by atoms with Crippen LogP contribution in [0.15, 0.2) is 11.6 Å². The monoisotopic (exact) mass is 178 g/mol. The molecular weight excluding hydrogens is 164 g/mol. The van der Waals surface area contributed by atoms with Crippen molar-refractivity contribution in [3.8, 4) is 6.07 Å². The third-order valence-corrected chi connectivity index (χ3v) is 2.28. The second-order valence-corrected chi connectivity index (χ2v) is 3.17. The first kappa shape index (κ1) is 9.79. The predicted octanol–water partition coefficient (Wildman–Crippen LogP) is 1.47. The van der Waals surface area contributed by atoms with E-state index >= 15 is 0 Å². The van der Waals surface area contributed by atoms with E-state index in [0.29, 0.717) is 0 Å². The molecule has 1 amide bonds. The first-order valence-corrected chi connectivity index (χ1v) is 4.65. The summed E-state index contributed by atoms with van der Waals surface area (Å²) in [5.74, 6) is -0.107. The average Bonchev–Trinajstić information content (AvgIpc) is 2.21. The number of carbonyl (C=O) groups excluding carboxylic acids is 1. The van der Waals surface area contributed by atoms with Gasteiger partial charge < -0.3 is 4.90 Å². The van der Waals surface area contributed by atoms with E-state index in [1.807, 2.05) is 6.07 Å². The van der Waals surface area contributed by atoms with Crippen LogP contribution < -0.4 is 0 Å². The number of piperidine rings is 1. The summed E-state index contributed by atoms with van der Waals surface area (Å²) in [6.45, 7) is 3.33. The fourth-order valence-electron chi connectivity index (χ4n) is 1.50. The third-order valence-electron chi connectivity index (χ3n) is 2.28. The van der Waals surface area contributed by atoms with Gasteiger partial charge in [0.2, 0.25) is 0 Å². The van der Waals surface area contributed by atoms with Gasteiger partial charge in [0.15, 0.2) is 0 Å². The van der Waals surface area contributed by atoms with Crippen molar-refractivity contribution in [2.45, 2.75) is 26.2 Å². The van der Waals surface area contributed by atoms with Gasteiger partial charge in [-0.25, -0.2) is 0 Å². The van der Waals surface area contributed by atoms with Gasteiger partial charge >= 0.3 is 0 Å². The summed E-state index contributed by atoms with van der Waals surface area (Å²) in [7, 11) is 0. The number of likely N-dealkylation sites (tertiary alicyclic amines) is 1. The van der Waals surface area contributed by atoms with Crippen LogP contribution in [0.1, 0.15) is 26.2 Å². The van der Waals surface area contributed by atoms with E-state index in [0.717, 1.165) is 25.9 Å². The lowest BCUT2D eigenvalue weighted by Gasteiger charge is -2.26. The van der Waals surface area contributed by atoms with Crippen molar-refractivity contribution in [3.05, 3.63) is 11.6 Å². The Balaban J connectivity index is 2.61. The molecule has 1 fully saturated rings. The third kappa shape index (κ3) is 2.32. The van der Waals surface area contributed by atoms with Crippen molar-refractivity contribution in [2.75, 3.05) is 13.1 Å². The maximum atomic E-state index is 11.6. The fraction of sp³-hybridized carbons (Fsp3) is 0.600. The molecule has 0 N–H and O–H groups in total. The second-order valence-electron chi connectivity index (χ2n) is 3.17. The minimum Gasteiger partial charge on any atom is -0.338 e. The molecule has 1 heterocycles. The van der Waals surface area contributed by atoms with E-state index in [1.165, 1.54) is 6.42 Å². The lowest BCUT2D eigenvalue weighted by atomic mass is 10.1. The lowest BCUT2D eigenvalue weighted by molar-refractivity contribution is -0.127. The molecule has 70 valence electrons. The van der Waals surface area contributed by atoms with Crippen LogP contribution in [0.25, 0.3) is 0 Å². The van der Waals surface area contributed by atoms with E-state index in [2.05, 4.69) is 0 Å². The number of allylic oxidation sites excluding steroid dienone is 1. The van der Waals surface area contributed by atoms with Crippen LogP contribution >= 0.6 is 0 Å². The zero-order valence-corrected chi connectivity index (χ0v) is 7.92. The number of rotatable bonds is 1. The van der Waals surface area contributed by atoms with Crippen LogP contribution in [0.4, 0.5) is 0 Å². The topological polar surface area (TPSA) is 44.1 Å². The highest BCUT2D eigenvalue weighted by Crippen LogP contribution is 2.11. The minimum atomic E-state index is -0.107. The molecule has 0 spiro atoms. The maximum Gasteiger partial charge on any atom is 0.264 e. The van der Waals surface area contributed by atoms with Crippen molar-refractivity contribution >= 4 is 5.91 Å². The Labute approximate surface area is 78.6 Å². The van der Waals surface area contributed by atoms with Crippen molar-refractivity contribution in [2.24, 2.45) is 0 Å². The largest absolute Gasteiger partial charge is 0.338 e. The Morgan fingerprint density at radius 3 is 2.46 bits per heavy atom. The standard InChI is InChI=1S/C10H14N2O/c1-2-9(8-11)10(13)12-6-4-3-5-7-12/h2H,3-7H2,1H3. The van der Waals surface area contributed by atoms with Gasteiger partial charge in [-0.2, -0.15) is 5.26 Å². The second kappa shape index (κ2) is 4.66. The highest BCUT2D eigenvalue weighted by Gasteiger charge is 2.19. The molecule has 0 aromatic carbocycles. The van der Waals surface area contributed by atoms with Crippen molar-refractivity contribution in [3.63, 3.8) is 0 Å². The van der Waals surface area contributed by atoms with E-state index < -0.39 is 0 Å². The summed E-state index contributed by atoms with van der Waals surface area (Å²) in [6, 6.07) is 1.92. The predicted molar refractivity (Wildman–Crippen MR) is 49.8 cm³/mol. The molecule has 0 aromatic rings. The van der Waals surface area contributed by atoms with Crippen LogP contribution in [-0.4, -0.2) is 23.9 Å². The first-order chi connectivity index (χ1) is 6.29. The molecule has 0 atom stereocenters. The van der Waals surface area contributed by atoms with Gasteiger partial charge in [-0.3, -0.25) is 4.79 Å². The lowest BCUT2D eigenvalue weighted by Crippen LogP contribution is -2.36. The van der Waals surface area contributed by atoms with Gasteiger partial charge in [0.05, 0.1) is 0 Å².